The molecule has 1 N–H and O–H groups in total. The van der Waals surface area contributed by atoms with Gasteiger partial charge in [0.25, 0.3) is 5.91 Å². The van der Waals surface area contributed by atoms with Crippen molar-refractivity contribution in [2.45, 2.75) is 20.3 Å². The van der Waals surface area contributed by atoms with E-state index in [1.54, 1.807) is 7.11 Å². The van der Waals surface area contributed by atoms with Crippen molar-refractivity contribution in [2.75, 3.05) is 20.3 Å². The van der Waals surface area contributed by atoms with Crippen molar-refractivity contribution in [3.05, 3.63) is 23.1 Å². The number of nitrogens with one attached hydrogen (secondary N) is 1. The first-order chi connectivity index (χ1) is 9.71. The fraction of sp³-hybridized carbons (Fsp3) is 0.400. The number of hydrogen-bond donors (Lipinski definition) is 1. The highest BCUT2D eigenvalue weighted by molar-refractivity contribution is 7.21. The smallest absolute Gasteiger partial charge is 0.265 e. The van der Waals surface area contributed by atoms with Gasteiger partial charge < -0.3 is 14.8 Å². The number of amides is 1. The van der Waals surface area contributed by atoms with E-state index in [2.05, 4.69) is 5.32 Å². The number of methoxy groups -OCH3 is 1. The van der Waals surface area contributed by atoms with Crippen LogP contribution in [0, 0.1) is 0 Å². The molecule has 0 spiro atoms. The Hall–Kier alpha value is -1.75. The molecule has 0 aliphatic heterocycles. The fourth-order valence-corrected chi connectivity index (χ4v) is 2.96. The highest BCUT2D eigenvalue weighted by Crippen LogP contribution is 2.39. The van der Waals surface area contributed by atoms with Crippen LogP contribution in [0.5, 0.6) is 11.5 Å². The minimum Gasteiger partial charge on any atom is -0.497 e. The minimum absolute atomic E-state index is 0.0845. The lowest BCUT2D eigenvalue weighted by Crippen LogP contribution is -2.22. The van der Waals surface area contributed by atoms with Gasteiger partial charge in [-0.2, -0.15) is 0 Å². The lowest BCUT2D eigenvalue weighted by molar-refractivity contribution is 0.0956. The number of carbonyl (C=O) groups excluding carboxylic acids is 1. The van der Waals surface area contributed by atoms with Crippen LogP contribution in [0.1, 0.15) is 29.9 Å². The molecule has 0 atom stereocenters. The molecule has 1 aromatic heterocycles. The Morgan fingerprint density at radius 1 is 1.35 bits per heavy atom. The van der Waals surface area contributed by atoms with Crippen LogP contribution in [0.2, 0.25) is 0 Å². The molecule has 0 unspecified atom stereocenters. The predicted molar refractivity (Wildman–Crippen MR) is 82.2 cm³/mol. The van der Waals surface area contributed by atoms with Gasteiger partial charge in [-0.25, -0.2) is 0 Å². The normalized spacial score (nSPS) is 10.6. The number of thiophene rings is 1. The Morgan fingerprint density at radius 2 is 2.15 bits per heavy atom. The molecular formula is C15H19NO3S. The zero-order chi connectivity index (χ0) is 14.5. The van der Waals surface area contributed by atoms with Gasteiger partial charge in [0.2, 0.25) is 0 Å². The van der Waals surface area contributed by atoms with E-state index < -0.39 is 0 Å². The molecule has 2 rings (SSSR count). The van der Waals surface area contributed by atoms with Crippen molar-refractivity contribution >= 4 is 27.3 Å². The van der Waals surface area contributed by atoms with E-state index in [4.69, 9.17) is 9.47 Å². The molecule has 2 aromatic rings. The van der Waals surface area contributed by atoms with Crippen LogP contribution in [0.25, 0.3) is 10.1 Å². The van der Waals surface area contributed by atoms with Gasteiger partial charge in [0.05, 0.1) is 13.7 Å². The summed E-state index contributed by atoms with van der Waals surface area (Å²) in [5, 5.41) is 3.76. The van der Waals surface area contributed by atoms with Crippen LogP contribution in [0.4, 0.5) is 0 Å². The van der Waals surface area contributed by atoms with Crippen molar-refractivity contribution in [3.8, 4) is 11.5 Å². The molecule has 0 saturated carbocycles. The van der Waals surface area contributed by atoms with Crippen LogP contribution >= 0.6 is 11.3 Å². The van der Waals surface area contributed by atoms with Crippen LogP contribution in [0.15, 0.2) is 18.2 Å². The van der Waals surface area contributed by atoms with Gasteiger partial charge in [-0.1, -0.05) is 6.92 Å². The van der Waals surface area contributed by atoms with Crippen molar-refractivity contribution in [1.29, 1.82) is 0 Å². The quantitative estimate of drug-likeness (QED) is 0.887. The van der Waals surface area contributed by atoms with E-state index in [0.717, 1.165) is 22.3 Å². The lowest BCUT2D eigenvalue weighted by atomic mass is 10.2. The zero-order valence-corrected chi connectivity index (χ0v) is 12.8. The Balaban J connectivity index is 2.51. The summed E-state index contributed by atoms with van der Waals surface area (Å²) < 4.78 is 12.1. The van der Waals surface area contributed by atoms with E-state index in [9.17, 15) is 4.79 Å². The third-order valence-corrected chi connectivity index (χ3v) is 3.99. The lowest BCUT2D eigenvalue weighted by Gasteiger charge is -2.07. The molecule has 1 heterocycles. The molecule has 0 fully saturated rings. The largest absolute Gasteiger partial charge is 0.497 e. The first-order valence-electron chi connectivity index (χ1n) is 6.72. The molecule has 0 aliphatic carbocycles. The van der Waals surface area contributed by atoms with Crippen molar-refractivity contribution < 1.29 is 14.3 Å². The molecule has 0 aliphatic rings. The van der Waals surface area contributed by atoms with E-state index in [1.165, 1.54) is 11.3 Å². The molecule has 1 amide bonds. The average molecular weight is 293 g/mol. The number of fused-ring (bicyclic) bond motifs is 1. The van der Waals surface area contributed by atoms with Crippen LogP contribution in [0.3, 0.4) is 0 Å². The third-order valence-electron chi connectivity index (χ3n) is 2.84. The summed E-state index contributed by atoms with van der Waals surface area (Å²) in [6.45, 7) is 5.14. The predicted octanol–water partition coefficient (Wildman–Crippen LogP) is 3.45. The fourth-order valence-electron chi connectivity index (χ4n) is 1.92. The molecule has 0 saturated heterocycles. The molecule has 108 valence electrons. The standard InChI is InChI=1S/C15H19NO3S/c1-4-8-19-13-11-9-10(18-3)6-7-12(11)20-14(13)15(17)16-5-2/h6-7,9H,4-5,8H2,1-3H3,(H,16,17). The zero-order valence-electron chi connectivity index (χ0n) is 12.0. The molecule has 5 heteroatoms. The van der Waals surface area contributed by atoms with E-state index in [0.29, 0.717) is 23.8 Å². The van der Waals surface area contributed by atoms with E-state index >= 15 is 0 Å². The average Bonchev–Trinajstić information content (AvgIpc) is 2.83. The number of rotatable bonds is 6. The third kappa shape index (κ3) is 2.88. The maximum absolute atomic E-state index is 12.1. The summed E-state index contributed by atoms with van der Waals surface area (Å²) in [6.07, 6.45) is 0.899. The first-order valence-corrected chi connectivity index (χ1v) is 7.54. The summed E-state index contributed by atoms with van der Waals surface area (Å²) in [5.74, 6) is 1.34. The van der Waals surface area contributed by atoms with Crippen molar-refractivity contribution in [2.24, 2.45) is 0 Å². The maximum atomic E-state index is 12.1. The van der Waals surface area contributed by atoms with Gasteiger partial charge in [0.15, 0.2) is 5.75 Å². The first kappa shape index (κ1) is 14.7. The van der Waals surface area contributed by atoms with Gasteiger partial charge in [-0.05, 0) is 31.5 Å². The summed E-state index contributed by atoms with van der Waals surface area (Å²) in [5.41, 5.74) is 0. The SMILES string of the molecule is CCCOc1c(C(=O)NCC)sc2ccc(OC)cc12. The molecular weight excluding hydrogens is 274 g/mol. The highest BCUT2D eigenvalue weighted by Gasteiger charge is 2.19. The van der Waals surface area contributed by atoms with Gasteiger partial charge in [0.1, 0.15) is 10.6 Å². The topological polar surface area (TPSA) is 47.6 Å². The molecule has 4 nitrogen and oxygen atoms in total. The molecule has 0 radical (unpaired) electrons. The number of carbonyl (C=O) groups is 1. The Bertz CT molecular complexity index is 606. The van der Waals surface area contributed by atoms with Gasteiger partial charge >= 0.3 is 0 Å². The monoisotopic (exact) mass is 293 g/mol. The number of benzene rings is 1. The molecule has 1 aromatic carbocycles. The van der Waals surface area contributed by atoms with Crippen molar-refractivity contribution in [3.63, 3.8) is 0 Å². The van der Waals surface area contributed by atoms with Gasteiger partial charge in [-0.3, -0.25) is 4.79 Å². The second-order valence-electron chi connectivity index (χ2n) is 4.33. The van der Waals surface area contributed by atoms with E-state index in [-0.39, 0.29) is 5.91 Å². The number of ether oxygens (including phenoxy) is 2. The van der Waals surface area contributed by atoms with Crippen LogP contribution in [-0.4, -0.2) is 26.2 Å². The van der Waals surface area contributed by atoms with E-state index in [1.807, 2.05) is 32.0 Å². The second kappa shape index (κ2) is 6.61. The van der Waals surface area contributed by atoms with Crippen LogP contribution in [-0.2, 0) is 0 Å². The molecule has 0 bridgehead atoms. The maximum Gasteiger partial charge on any atom is 0.265 e. The summed E-state index contributed by atoms with van der Waals surface area (Å²) in [7, 11) is 1.63. The van der Waals surface area contributed by atoms with Gasteiger partial charge in [-0.15, -0.1) is 11.3 Å². The minimum atomic E-state index is -0.0845. The highest BCUT2D eigenvalue weighted by atomic mass is 32.1. The van der Waals surface area contributed by atoms with Crippen molar-refractivity contribution in [1.82, 2.24) is 5.32 Å². The Morgan fingerprint density at radius 3 is 2.80 bits per heavy atom. The summed E-state index contributed by atoms with van der Waals surface area (Å²) >= 11 is 1.45. The Kier molecular flexibility index (Phi) is 4.84. The summed E-state index contributed by atoms with van der Waals surface area (Å²) in [4.78, 5) is 12.8. The number of hydrogen-bond acceptors (Lipinski definition) is 4. The second-order valence-corrected chi connectivity index (χ2v) is 5.38. The Labute approximate surface area is 122 Å². The van der Waals surface area contributed by atoms with Gasteiger partial charge in [0, 0.05) is 16.6 Å². The molecule has 20 heavy (non-hydrogen) atoms. The van der Waals surface area contributed by atoms with Crippen LogP contribution < -0.4 is 14.8 Å². The summed E-state index contributed by atoms with van der Waals surface area (Å²) in [6, 6.07) is 5.77.